The molecule has 1 aliphatic rings. The highest BCUT2D eigenvalue weighted by atomic mass is 32.1. The highest BCUT2D eigenvalue weighted by Gasteiger charge is 2.29. The fraction of sp³-hybridized carbons (Fsp3) is 0.400. The molecule has 2 amide bonds. The van der Waals surface area contributed by atoms with Crippen LogP contribution in [0.15, 0.2) is 72.1 Å². The van der Waals surface area contributed by atoms with Crippen molar-refractivity contribution in [2.24, 2.45) is 0 Å². The van der Waals surface area contributed by atoms with Crippen molar-refractivity contribution in [3.05, 3.63) is 77.0 Å². The molecule has 0 radical (unpaired) electrons. The maximum absolute atomic E-state index is 12.5. The average Bonchev–Trinajstić information content (AvgIpc) is 3.46. The van der Waals surface area contributed by atoms with Crippen LogP contribution in [0.3, 0.4) is 0 Å². The number of para-hydroxylation sites is 3. The van der Waals surface area contributed by atoms with E-state index in [2.05, 4.69) is 33.0 Å². The molecule has 2 heterocycles. The number of nitrogens with one attached hydrogen (secondary N) is 2. The second-order valence-corrected chi connectivity index (χ2v) is 10.3. The van der Waals surface area contributed by atoms with Crippen LogP contribution < -0.4 is 15.5 Å². The van der Waals surface area contributed by atoms with Gasteiger partial charge in [0.15, 0.2) is 0 Å². The standard InChI is InChI=1S/C22H27N3O3.C8H13NS/c1-2-22(28)25(17-8-4-3-5-9-17)18-12-14-24(15-13-18)16-21(27)23-19-10-6-7-11-20(19)26;1-9-6-2-4-8-5-3-7-10-8/h3-11,18,26H,2,12-16H2,1H3,(H,23,27);3,5,7,9H,2,4,6H2,1H3. The number of benzene rings is 2. The summed E-state index contributed by atoms with van der Waals surface area (Å²) in [6.45, 7) is 4.78. The molecule has 1 fully saturated rings. The Morgan fingerprint density at radius 2 is 1.74 bits per heavy atom. The molecular weight excluding hydrogens is 496 g/mol. The van der Waals surface area contributed by atoms with Gasteiger partial charge in [-0.25, -0.2) is 0 Å². The predicted octanol–water partition coefficient (Wildman–Crippen LogP) is 5.14. The molecular formula is C30H40N4O3S. The van der Waals surface area contributed by atoms with Gasteiger partial charge in [0.1, 0.15) is 5.75 Å². The number of likely N-dealkylation sites (tertiary alicyclic amines) is 1. The number of anilines is 2. The van der Waals surface area contributed by atoms with Gasteiger partial charge in [-0.05, 0) is 75.0 Å². The summed E-state index contributed by atoms with van der Waals surface area (Å²) in [5, 5.41) is 17.8. The van der Waals surface area contributed by atoms with Gasteiger partial charge >= 0.3 is 0 Å². The van der Waals surface area contributed by atoms with E-state index in [0.717, 1.165) is 38.2 Å². The van der Waals surface area contributed by atoms with Crippen LogP contribution in [-0.2, 0) is 16.0 Å². The molecule has 4 rings (SSSR count). The third-order valence-electron chi connectivity index (χ3n) is 6.50. The number of nitrogens with zero attached hydrogens (tertiary/aromatic N) is 2. The Bertz CT molecular complexity index is 1100. The van der Waals surface area contributed by atoms with Crippen molar-refractivity contribution in [3.8, 4) is 5.75 Å². The molecule has 8 heteroatoms. The van der Waals surface area contributed by atoms with Gasteiger partial charge in [0.25, 0.3) is 0 Å². The van der Waals surface area contributed by atoms with Crippen molar-refractivity contribution in [2.45, 2.75) is 45.1 Å². The first-order valence-corrected chi connectivity index (χ1v) is 14.2. The lowest BCUT2D eigenvalue weighted by Crippen LogP contribution is -2.48. The first-order chi connectivity index (χ1) is 18.5. The molecule has 0 unspecified atom stereocenters. The number of piperidine rings is 1. The second-order valence-electron chi connectivity index (χ2n) is 9.31. The quantitative estimate of drug-likeness (QED) is 0.247. The minimum atomic E-state index is -0.149. The number of aryl methyl sites for hydroxylation is 1. The van der Waals surface area contributed by atoms with Gasteiger partial charge in [0.05, 0.1) is 12.2 Å². The van der Waals surface area contributed by atoms with Crippen LogP contribution in [0.1, 0.15) is 37.5 Å². The van der Waals surface area contributed by atoms with E-state index >= 15 is 0 Å². The van der Waals surface area contributed by atoms with Crippen LogP contribution in [-0.4, -0.2) is 61.1 Å². The Labute approximate surface area is 230 Å². The molecule has 3 N–H and O–H groups in total. The number of carbonyl (C=O) groups is 2. The molecule has 204 valence electrons. The van der Waals surface area contributed by atoms with Crippen LogP contribution in [0, 0.1) is 0 Å². The summed E-state index contributed by atoms with van der Waals surface area (Å²) in [4.78, 5) is 30.3. The van der Waals surface area contributed by atoms with Crippen LogP contribution in [0.25, 0.3) is 0 Å². The largest absolute Gasteiger partial charge is 0.506 e. The molecule has 0 spiro atoms. The van der Waals surface area contributed by atoms with Gasteiger partial charge in [-0.1, -0.05) is 43.3 Å². The Balaban J connectivity index is 0.000000336. The molecule has 3 aromatic rings. The number of carbonyl (C=O) groups excluding carboxylic acids is 2. The summed E-state index contributed by atoms with van der Waals surface area (Å²) in [6, 6.07) is 20.9. The Morgan fingerprint density at radius 1 is 1.03 bits per heavy atom. The van der Waals surface area contributed by atoms with Gasteiger partial charge in [-0.15, -0.1) is 11.3 Å². The van der Waals surface area contributed by atoms with Gasteiger partial charge < -0.3 is 20.6 Å². The van der Waals surface area contributed by atoms with E-state index in [9.17, 15) is 14.7 Å². The molecule has 1 aliphatic heterocycles. The maximum atomic E-state index is 12.5. The van der Waals surface area contributed by atoms with Crippen molar-refractivity contribution >= 4 is 34.5 Å². The summed E-state index contributed by atoms with van der Waals surface area (Å²) in [5.74, 6) is 0.0394. The lowest BCUT2D eigenvalue weighted by atomic mass is 10.0. The number of amides is 2. The summed E-state index contributed by atoms with van der Waals surface area (Å²) >= 11 is 1.85. The zero-order valence-electron chi connectivity index (χ0n) is 22.4. The van der Waals surface area contributed by atoms with Crippen LogP contribution in [0.2, 0.25) is 0 Å². The van der Waals surface area contributed by atoms with Crippen molar-refractivity contribution in [3.63, 3.8) is 0 Å². The number of thiophene rings is 1. The van der Waals surface area contributed by atoms with Crippen molar-refractivity contribution in [2.75, 3.05) is 43.4 Å². The van der Waals surface area contributed by atoms with Crippen molar-refractivity contribution in [1.82, 2.24) is 10.2 Å². The number of aromatic hydroxyl groups is 1. The fourth-order valence-corrected chi connectivity index (χ4v) is 5.27. The highest BCUT2D eigenvalue weighted by molar-refractivity contribution is 7.09. The number of hydrogen-bond donors (Lipinski definition) is 3. The van der Waals surface area contributed by atoms with Gasteiger partial charge in [0.2, 0.25) is 11.8 Å². The number of phenols is 1. The summed E-state index contributed by atoms with van der Waals surface area (Å²) in [5.41, 5.74) is 1.36. The average molecular weight is 537 g/mol. The monoisotopic (exact) mass is 536 g/mol. The Morgan fingerprint density at radius 3 is 2.37 bits per heavy atom. The first-order valence-electron chi connectivity index (χ1n) is 13.4. The molecule has 0 atom stereocenters. The maximum Gasteiger partial charge on any atom is 0.238 e. The zero-order chi connectivity index (χ0) is 27.2. The van der Waals surface area contributed by atoms with Gasteiger partial charge in [-0.2, -0.15) is 0 Å². The molecule has 0 bridgehead atoms. The second kappa shape index (κ2) is 15.9. The van der Waals surface area contributed by atoms with E-state index in [1.165, 1.54) is 17.7 Å². The van der Waals surface area contributed by atoms with Crippen molar-refractivity contribution in [1.29, 1.82) is 0 Å². The van der Waals surface area contributed by atoms with Crippen LogP contribution in [0.5, 0.6) is 5.75 Å². The van der Waals surface area contributed by atoms with Crippen molar-refractivity contribution < 1.29 is 14.7 Å². The first kappa shape index (κ1) is 29.4. The van der Waals surface area contributed by atoms with E-state index in [0.29, 0.717) is 12.1 Å². The zero-order valence-corrected chi connectivity index (χ0v) is 23.3. The van der Waals surface area contributed by atoms with E-state index in [-0.39, 0.29) is 30.2 Å². The van der Waals surface area contributed by atoms with Crippen LogP contribution in [0.4, 0.5) is 11.4 Å². The molecule has 38 heavy (non-hydrogen) atoms. The van der Waals surface area contributed by atoms with Gasteiger partial charge in [-0.3, -0.25) is 14.5 Å². The van der Waals surface area contributed by atoms with E-state index in [1.807, 2.05) is 60.5 Å². The smallest absolute Gasteiger partial charge is 0.238 e. The Hall–Kier alpha value is -3.20. The third-order valence-corrected chi connectivity index (χ3v) is 7.44. The molecule has 2 aromatic carbocycles. The predicted molar refractivity (Wildman–Crippen MR) is 157 cm³/mol. The van der Waals surface area contributed by atoms with E-state index < -0.39 is 0 Å². The normalized spacial score (nSPS) is 13.8. The van der Waals surface area contributed by atoms with Gasteiger partial charge in [0, 0.05) is 36.1 Å². The van der Waals surface area contributed by atoms with Crippen LogP contribution >= 0.6 is 11.3 Å². The number of hydrogen-bond acceptors (Lipinski definition) is 6. The summed E-state index contributed by atoms with van der Waals surface area (Å²) in [7, 11) is 1.99. The number of rotatable bonds is 10. The SMILES string of the molecule is CCC(=O)N(c1ccccc1)C1CCN(CC(=O)Nc2ccccc2O)CC1.CNCCCc1cccs1. The lowest BCUT2D eigenvalue weighted by molar-refractivity contribution is -0.120. The van der Waals surface area contributed by atoms with E-state index in [4.69, 9.17) is 0 Å². The minimum absolute atomic E-state index is 0.0612. The number of phenolic OH excluding ortho intramolecular Hbond substituents is 1. The summed E-state index contributed by atoms with van der Waals surface area (Å²) < 4.78 is 0. The summed E-state index contributed by atoms with van der Waals surface area (Å²) in [6.07, 6.45) is 4.59. The Kier molecular flexibility index (Phi) is 12.3. The molecule has 1 saturated heterocycles. The molecule has 0 aliphatic carbocycles. The molecule has 7 nitrogen and oxygen atoms in total. The third kappa shape index (κ3) is 9.28. The fourth-order valence-electron chi connectivity index (χ4n) is 4.52. The topological polar surface area (TPSA) is 84.9 Å². The molecule has 0 saturated carbocycles. The highest BCUT2D eigenvalue weighted by Crippen LogP contribution is 2.25. The van der Waals surface area contributed by atoms with E-state index in [1.54, 1.807) is 24.3 Å². The molecule has 1 aromatic heterocycles. The lowest BCUT2D eigenvalue weighted by Gasteiger charge is -2.38. The minimum Gasteiger partial charge on any atom is -0.506 e.